The molecule has 1 amide bonds. The highest BCUT2D eigenvalue weighted by Crippen LogP contribution is 2.33. The van der Waals surface area contributed by atoms with Gasteiger partial charge >= 0.3 is 0 Å². The largest absolute Gasteiger partial charge is 0.494 e. The molecule has 8 heteroatoms. The maximum absolute atomic E-state index is 13.6. The molecule has 2 aliphatic rings. The van der Waals surface area contributed by atoms with Crippen LogP contribution in [0.5, 0.6) is 5.75 Å². The first-order valence-corrected chi connectivity index (χ1v) is 11.5. The number of nitrogens with zero attached hydrogens (tertiary/aromatic N) is 2. The molecule has 0 spiro atoms. The van der Waals surface area contributed by atoms with Gasteiger partial charge in [0.15, 0.2) is 5.58 Å². The summed E-state index contributed by atoms with van der Waals surface area (Å²) in [6.45, 7) is 3.74. The molecule has 2 aliphatic heterocycles. The molecule has 1 saturated heterocycles. The predicted octanol–water partition coefficient (Wildman–Crippen LogP) is 5.31. The fourth-order valence-corrected chi connectivity index (χ4v) is 4.72. The molecule has 176 valence electrons. The number of rotatable bonds is 7. The fraction of sp³-hybridized carbons (Fsp3) is 0.440. The second-order valence-electron chi connectivity index (χ2n) is 8.75. The number of likely N-dealkylation sites (tertiary alicyclic amines) is 1. The van der Waals surface area contributed by atoms with Gasteiger partial charge in [0.05, 0.1) is 12.3 Å². The minimum Gasteiger partial charge on any atom is -0.494 e. The number of nitrogens with one attached hydrogen (secondary N) is 1. The van der Waals surface area contributed by atoms with E-state index in [1.807, 2.05) is 18.2 Å². The number of ether oxygens (including phenoxy) is 1. The Hall–Kier alpha value is -2.64. The third kappa shape index (κ3) is 5.47. The van der Waals surface area contributed by atoms with Crippen molar-refractivity contribution in [3.63, 3.8) is 0 Å². The Morgan fingerprint density at radius 3 is 2.82 bits per heavy atom. The number of piperidine rings is 1. The van der Waals surface area contributed by atoms with Crippen LogP contribution in [0.4, 0.5) is 10.1 Å². The van der Waals surface area contributed by atoms with Crippen LogP contribution in [0.2, 0.25) is 0 Å². The lowest BCUT2D eigenvalue weighted by atomic mass is 9.91. The van der Waals surface area contributed by atoms with Gasteiger partial charge in [0, 0.05) is 29.5 Å². The Morgan fingerprint density at radius 2 is 1.97 bits per heavy atom. The van der Waals surface area contributed by atoms with Crippen LogP contribution in [0.3, 0.4) is 0 Å². The molecule has 0 atom stereocenters. The van der Waals surface area contributed by atoms with E-state index in [1.165, 1.54) is 17.7 Å². The minimum atomic E-state index is -0.248. The summed E-state index contributed by atoms with van der Waals surface area (Å²) in [4.78, 5) is 14.0. The van der Waals surface area contributed by atoms with Gasteiger partial charge in [-0.25, -0.2) is 4.39 Å². The molecule has 0 bridgehead atoms. The number of unbranched alkanes of at least 4 members (excludes halogenated alkanes) is 1. The maximum atomic E-state index is 13.6. The van der Waals surface area contributed by atoms with Crippen molar-refractivity contribution >= 4 is 35.0 Å². The monoisotopic (exact) mass is 473 g/mol. The van der Waals surface area contributed by atoms with Crippen LogP contribution in [-0.4, -0.2) is 42.2 Å². The van der Waals surface area contributed by atoms with Crippen LogP contribution in [0.15, 0.2) is 40.9 Å². The van der Waals surface area contributed by atoms with E-state index in [2.05, 4.69) is 15.4 Å². The topological polar surface area (TPSA) is 67.6 Å². The highest BCUT2D eigenvalue weighted by atomic mass is 35.5. The molecule has 33 heavy (non-hydrogen) atoms. The summed E-state index contributed by atoms with van der Waals surface area (Å²) in [6.07, 6.45) is 5.42. The number of halogens is 2. The number of carbonyl (C=O) groups is 1. The van der Waals surface area contributed by atoms with Crippen molar-refractivity contribution < 1.29 is 18.4 Å². The first-order valence-electron chi connectivity index (χ1n) is 11.5. The summed E-state index contributed by atoms with van der Waals surface area (Å²) in [5.41, 5.74) is 3.60. The average molecular weight is 474 g/mol. The van der Waals surface area contributed by atoms with Crippen molar-refractivity contribution in [3.05, 3.63) is 53.5 Å². The number of aromatic nitrogens is 1. The van der Waals surface area contributed by atoms with Gasteiger partial charge in [-0.1, -0.05) is 11.2 Å². The molecule has 3 heterocycles. The van der Waals surface area contributed by atoms with Crippen LogP contribution >= 0.6 is 12.4 Å². The van der Waals surface area contributed by atoms with Gasteiger partial charge in [0.25, 0.3) is 0 Å². The molecule has 2 aromatic carbocycles. The van der Waals surface area contributed by atoms with Crippen molar-refractivity contribution in [2.45, 2.75) is 44.4 Å². The number of anilines is 1. The van der Waals surface area contributed by atoms with E-state index in [0.717, 1.165) is 74.3 Å². The fourth-order valence-electron chi connectivity index (χ4n) is 4.72. The Bertz CT molecular complexity index is 1110. The van der Waals surface area contributed by atoms with E-state index in [-0.39, 0.29) is 24.1 Å². The second kappa shape index (κ2) is 10.5. The molecule has 3 aromatic rings. The Balaban J connectivity index is 0.00000259. The molecule has 1 N–H and O–H groups in total. The van der Waals surface area contributed by atoms with E-state index in [4.69, 9.17) is 9.26 Å². The van der Waals surface area contributed by atoms with E-state index in [1.54, 1.807) is 6.07 Å². The van der Waals surface area contributed by atoms with Gasteiger partial charge in [0.2, 0.25) is 5.91 Å². The molecule has 1 fully saturated rings. The number of benzene rings is 2. The summed E-state index contributed by atoms with van der Waals surface area (Å²) in [5, 5.41) is 7.96. The lowest BCUT2D eigenvalue weighted by Gasteiger charge is -2.31. The molecule has 5 rings (SSSR count). The third-order valence-electron chi connectivity index (χ3n) is 6.55. The molecule has 1 aromatic heterocycles. The third-order valence-corrected chi connectivity index (χ3v) is 6.55. The summed E-state index contributed by atoms with van der Waals surface area (Å²) in [5.74, 6) is 0.953. The Morgan fingerprint density at radius 1 is 1.12 bits per heavy atom. The number of amides is 1. The summed E-state index contributed by atoms with van der Waals surface area (Å²) < 4.78 is 24.9. The Labute approximate surface area is 198 Å². The van der Waals surface area contributed by atoms with Crippen molar-refractivity contribution in [2.75, 3.05) is 31.6 Å². The summed E-state index contributed by atoms with van der Waals surface area (Å²) in [6, 6.07) is 10.5. The molecular formula is C25H29ClFN3O3. The van der Waals surface area contributed by atoms with Crippen LogP contribution in [0.25, 0.3) is 11.0 Å². The molecule has 0 aliphatic carbocycles. The number of aryl methyl sites for hydroxylation is 1. The molecule has 0 unspecified atom stereocenters. The summed E-state index contributed by atoms with van der Waals surface area (Å²) in [7, 11) is 0. The SMILES string of the molecule is Cl.O=C1CCc2ccc(OCCCCN3CCC(c4noc5ccc(F)cc45)CC3)cc2N1. The lowest BCUT2D eigenvalue weighted by molar-refractivity contribution is -0.116. The van der Waals surface area contributed by atoms with Gasteiger partial charge in [0.1, 0.15) is 11.6 Å². The van der Waals surface area contributed by atoms with Gasteiger partial charge < -0.3 is 19.5 Å². The van der Waals surface area contributed by atoms with E-state index in [9.17, 15) is 9.18 Å². The van der Waals surface area contributed by atoms with Gasteiger partial charge in [-0.2, -0.15) is 0 Å². The first-order chi connectivity index (χ1) is 15.7. The second-order valence-corrected chi connectivity index (χ2v) is 8.75. The van der Waals surface area contributed by atoms with E-state index >= 15 is 0 Å². The summed E-state index contributed by atoms with van der Waals surface area (Å²) >= 11 is 0. The zero-order chi connectivity index (χ0) is 21.9. The number of hydrogen-bond acceptors (Lipinski definition) is 5. The zero-order valence-corrected chi connectivity index (χ0v) is 19.3. The van der Waals surface area contributed by atoms with Crippen molar-refractivity contribution in [3.8, 4) is 5.75 Å². The van der Waals surface area contributed by atoms with Crippen LogP contribution < -0.4 is 10.1 Å². The van der Waals surface area contributed by atoms with Gasteiger partial charge in [-0.15, -0.1) is 12.4 Å². The van der Waals surface area contributed by atoms with Crippen molar-refractivity contribution in [1.29, 1.82) is 0 Å². The Kier molecular flexibility index (Phi) is 7.50. The minimum absolute atomic E-state index is 0. The quantitative estimate of drug-likeness (QED) is 0.471. The first kappa shape index (κ1) is 23.5. The molecule has 0 radical (unpaired) electrons. The van der Waals surface area contributed by atoms with Crippen molar-refractivity contribution in [2.24, 2.45) is 0 Å². The lowest BCUT2D eigenvalue weighted by Crippen LogP contribution is -2.34. The number of fused-ring (bicyclic) bond motifs is 2. The number of hydrogen-bond donors (Lipinski definition) is 1. The van der Waals surface area contributed by atoms with Gasteiger partial charge in [-0.3, -0.25) is 4.79 Å². The van der Waals surface area contributed by atoms with E-state index < -0.39 is 0 Å². The maximum Gasteiger partial charge on any atom is 0.224 e. The smallest absolute Gasteiger partial charge is 0.224 e. The highest BCUT2D eigenvalue weighted by Gasteiger charge is 2.25. The molecular weight excluding hydrogens is 445 g/mol. The predicted molar refractivity (Wildman–Crippen MR) is 128 cm³/mol. The zero-order valence-electron chi connectivity index (χ0n) is 18.5. The molecule has 6 nitrogen and oxygen atoms in total. The van der Waals surface area contributed by atoms with Crippen LogP contribution in [0, 0.1) is 5.82 Å². The normalized spacial score (nSPS) is 16.8. The highest BCUT2D eigenvalue weighted by molar-refractivity contribution is 5.94. The standard InChI is InChI=1S/C25H28FN3O3.ClH/c26-19-5-7-23-21(15-19)25(28-32-23)18-9-12-29(13-10-18)11-1-2-14-31-20-6-3-17-4-8-24(30)27-22(17)16-20;/h3,5-7,15-16,18H,1-2,4,8-14H2,(H,27,30);1H. The van der Waals surface area contributed by atoms with Crippen LogP contribution in [0.1, 0.15) is 49.3 Å². The van der Waals surface area contributed by atoms with Gasteiger partial charge in [-0.05, 0) is 81.6 Å². The number of carbonyl (C=O) groups excluding carboxylic acids is 1. The molecule has 0 saturated carbocycles. The van der Waals surface area contributed by atoms with E-state index in [0.29, 0.717) is 24.5 Å². The van der Waals surface area contributed by atoms with Crippen LogP contribution in [-0.2, 0) is 11.2 Å². The average Bonchev–Trinajstić information content (AvgIpc) is 3.22. The van der Waals surface area contributed by atoms with Crippen molar-refractivity contribution in [1.82, 2.24) is 10.1 Å².